The van der Waals surface area contributed by atoms with Crippen molar-refractivity contribution < 1.29 is 4.42 Å². The number of hydrogen-bond donors (Lipinski definition) is 0. The van der Waals surface area contributed by atoms with E-state index in [1.807, 2.05) is 46.8 Å². The summed E-state index contributed by atoms with van der Waals surface area (Å²) in [4.78, 5) is 0. The molecule has 1 aromatic heterocycles. The molecule has 0 unspecified atom stereocenters. The molecule has 0 N–H and O–H groups in total. The molecule has 0 saturated carbocycles. The Labute approximate surface area is 83.2 Å². The normalized spacial score (nSPS) is 7.85. The SMILES string of the molecule is CC.CC.CCCc1ccc(C)o1. The van der Waals surface area contributed by atoms with Crippen molar-refractivity contribution in [1.82, 2.24) is 0 Å². The molecule has 13 heavy (non-hydrogen) atoms. The van der Waals surface area contributed by atoms with Gasteiger partial charge in [-0.05, 0) is 25.5 Å². The molecule has 0 aliphatic carbocycles. The standard InChI is InChI=1S/C8H12O.2C2H6/c1-3-4-8-6-5-7(2)9-8;2*1-2/h5-6H,3-4H2,1-2H3;2*1-2H3. The first-order valence-electron chi connectivity index (χ1n) is 5.38. The second-order valence-electron chi connectivity index (χ2n) is 2.26. The largest absolute Gasteiger partial charge is 0.466 e. The first-order valence-corrected chi connectivity index (χ1v) is 5.38. The van der Waals surface area contributed by atoms with Gasteiger partial charge in [0.15, 0.2) is 0 Å². The van der Waals surface area contributed by atoms with Crippen molar-refractivity contribution in [3.63, 3.8) is 0 Å². The Hall–Kier alpha value is -0.720. The van der Waals surface area contributed by atoms with E-state index in [2.05, 4.69) is 6.92 Å². The molecule has 0 saturated heterocycles. The predicted octanol–water partition coefficient (Wildman–Crippen LogP) is 4.59. The Morgan fingerprint density at radius 1 is 1.08 bits per heavy atom. The van der Waals surface area contributed by atoms with Crippen molar-refractivity contribution in [3.05, 3.63) is 23.7 Å². The highest BCUT2D eigenvalue weighted by molar-refractivity contribution is 5.05. The van der Waals surface area contributed by atoms with Crippen molar-refractivity contribution in [2.75, 3.05) is 0 Å². The van der Waals surface area contributed by atoms with Gasteiger partial charge in [0.25, 0.3) is 0 Å². The van der Waals surface area contributed by atoms with Gasteiger partial charge in [-0.2, -0.15) is 0 Å². The molecule has 78 valence electrons. The van der Waals surface area contributed by atoms with Gasteiger partial charge in [0.2, 0.25) is 0 Å². The first-order chi connectivity index (χ1) is 6.33. The van der Waals surface area contributed by atoms with Crippen molar-refractivity contribution in [2.24, 2.45) is 0 Å². The van der Waals surface area contributed by atoms with Crippen molar-refractivity contribution in [3.8, 4) is 0 Å². The van der Waals surface area contributed by atoms with Crippen molar-refractivity contribution in [2.45, 2.75) is 54.4 Å². The first kappa shape index (κ1) is 14.8. The topological polar surface area (TPSA) is 13.1 Å². The Morgan fingerprint density at radius 3 is 1.92 bits per heavy atom. The van der Waals surface area contributed by atoms with Crippen LogP contribution in [0.2, 0.25) is 0 Å². The molecule has 1 heterocycles. The van der Waals surface area contributed by atoms with Crippen LogP contribution in [0.25, 0.3) is 0 Å². The minimum Gasteiger partial charge on any atom is -0.466 e. The molecule has 1 nitrogen and oxygen atoms in total. The third-order valence-electron chi connectivity index (χ3n) is 1.29. The van der Waals surface area contributed by atoms with E-state index in [1.54, 1.807) is 0 Å². The van der Waals surface area contributed by atoms with Crippen LogP contribution < -0.4 is 0 Å². The average molecular weight is 184 g/mol. The van der Waals surface area contributed by atoms with Gasteiger partial charge in [0, 0.05) is 6.42 Å². The molecule has 0 aromatic carbocycles. The second-order valence-corrected chi connectivity index (χ2v) is 2.26. The zero-order valence-electron chi connectivity index (χ0n) is 9.98. The van der Waals surface area contributed by atoms with Crippen LogP contribution in [0, 0.1) is 6.92 Å². The van der Waals surface area contributed by atoms with Crippen molar-refractivity contribution >= 4 is 0 Å². The van der Waals surface area contributed by atoms with Crippen LogP contribution in [0.1, 0.15) is 52.6 Å². The zero-order valence-corrected chi connectivity index (χ0v) is 9.98. The molecule has 0 aliphatic rings. The highest BCUT2D eigenvalue weighted by Gasteiger charge is 1.93. The molecule has 1 aromatic rings. The Morgan fingerprint density at radius 2 is 1.62 bits per heavy atom. The quantitative estimate of drug-likeness (QED) is 0.655. The van der Waals surface area contributed by atoms with E-state index < -0.39 is 0 Å². The van der Waals surface area contributed by atoms with Crippen LogP contribution in [-0.4, -0.2) is 0 Å². The molecular weight excluding hydrogens is 160 g/mol. The van der Waals surface area contributed by atoms with Crippen molar-refractivity contribution in [1.29, 1.82) is 0 Å². The van der Waals surface area contributed by atoms with E-state index >= 15 is 0 Å². The minimum atomic E-state index is 1.01. The van der Waals surface area contributed by atoms with Gasteiger partial charge < -0.3 is 4.42 Å². The molecule has 0 fully saturated rings. The summed E-state index contributed by atoms with van der Waals surface area (Å²) >= 11 is 0. The Kier molecular flexibility index (Phi) is 12.8. The van der Waals surface area contributed by atoms with Crippen LogP contribution in [0.4, 0.5) is 0 Å². The fourth-order valence-corrected chi connectivity index (χ4v) is 0.866. The van der Waals surface area contributed by atoms with Crippen LogP contribution in [-0.2, 0) is 6.42 Å². The number of hydrogen-bond acceptors (Lipinski definition) is 1. The summed E-state index contributed by atoms with van der Waals surface area (Å²) < 4.78 is 5.32. The second kappa shape index (κ2) is 11.3. The van der Waals surface area contributed by atoms with E-state index in [9.17, 15) is 0 Å². The molecule has 0 amide bonds. The highest BCUT2D eigenvalue weighted by Crippen LogP contribution is 2.07. The molecule has 0 atom stereocenters. The third kappa shape index (κ3) is 7.63. The molecule has 0 radical (unpaired) electrons. The zero-order chi connectivity index (χ0) is 10.7. The van der Waals surface area contributed by atoms with Crippen LogP contribution >= 0.6 is 0 Å². The maximum absolute atomic E-state index is 5.32. The van der Waals surface area contributed by atoms with Gasteiger partial charge >= 0.3 is 0 Å². The number of furan rings is 1. The van der Waals surface area contributed by atoms with Gasteiger partial charge in [-0.1, -0.05) is 34.6 Å². The molecular formula is C12H24O. The molecule has 0 aliphatic heterocycles. The molecule has 0 spiro atoms. The van der Waals surface area contributed by atoms with Crippen LogP contribution in [0.3, 0.4) is 0 Å². The smallest absolute Gasteiger partial charge is 0.104 e. The van der Waals surface area contributed by atoms with E-state index in [0.29, 0.717) is 0 Å². The Balaban J connectivity index is 0. The number of rotatable bonds is 2. The predicted molar refractivity (Wildman–Crippen MR) is 60.1 cm³/mol. The van der Waals surface area contributed by atoms with Crippen LogP contribution in [0.15, 0.2) is 16.5 Å². The third-order valence-corrected chi connectivity index (χ3v) is 1.29. The van der Waals surface area contributed by atoms with Crippen LogP contribution in [0.5, 0.6) is 0 Å². The van der Waals surface area contributed by atoms with Gasteiger partial charge in [-0.15, -0.1) is 0 Å². The van der Waals surface area contributed by atoms with E-state index in [1.165, 1.54) is 0 Å². The monoisotopic (exact) mass is 184 g/mol. The summed E-state index contributed by atoms with van der Waals surface area (Å²) in [7, 11) is 0. The Bertz CT molecular complexity index is 177. The summed E-state index contributed by atoms with van der Waals surface area (Å²) in [5.41, 5.74) is 0. The summed E-state index contributed by atoms with van der Waals surface area (Å²) in [6, 6.07) is 4.05. The van der Waals surface area contributed by atoms with E-state index in [-0.39, 0.29) is 0 Å². The lowest BCUT2D eigenvalue weighted by atomic mass is 10.3. The van der Waals surface area contributed by atoms with E-state index in [4.69, 9.17) is 4.42 Å². The summed E-state index contributed by atoms with van der Waals surface area (Å²) in [5.74, 6) is 2.12. The average Bonchev–Trinajstić information content (AvgIpc) is 2.59. The summed E-state index contributed by atoms with van der Waals surface area (Å²) in [6.07, 6.45) is 2.22. The molecule has 0 bridgehead atoms. The minimum absolute atomic E-state index is 1.01. The lowest BCUT2D eigenvalue weighted by Gasteiger charge is -1.87. The fourth-order valence-electron chi connectivity index (χ4n) is 0.866. The van der Waals surface area contributed by atoms with Gasteiger partial charge in [0.1, 0.15) is 11.5 Å². The summed E-state index contributed by atoms with van der Waals surface area (Å²) in [5, 5.41) is 0. The maximum atomic E-state index is 5.32. The lowest BCUT2D eigenvalue weighted by Crippen LogP contribution is -1.74. The number of aryl methyl sites for hydroxylation is 2. The maximum Gasteiger partial charge on any atom is 0.104 e. The van der Waals surface area contributed by atoms with E-state index in [0.717, 1.165) is 24.4 Å². The lowest BCUT2D eigenvalue weighted by molar-refractivity contribution is 0.480. The highest BCUT2D eigenvalue weighted by atomic mass is 16.3. The van der Waals surface area contributed by atoms with Gasteiger partial charge in [-0.25, -0.2) is 0 Å². The summed E-state index contributed by atoms with van der Waals surface area (Å²) in [6.45, 7) is 12.1. The fraction of sp³-hybridized carbons (Fsp3) is 0.667. The molecule has 1 rings (SSSR count). The van der Waals surface area contributed by atoms with Gasteiger partial charge in [-0.3, -0.25) is 0 Å². The van der Waals surface area contributed by atoms with Gasteiger partial charge in [0.05, 0.1) is 0 Å². The molecule has 1 heteroatoms.